The van der Waals surface area contributed by atoms with Crippen LogP contribution >= 0.6 is 0 Å². The number of methoxy groups -OCH3 is 1. The predicted molar refractivity (Wildman–Crippen MR) is 202 cm³/mol. The lowest BCUT2D eigenvalue weighted by Crippen LogP contribution is -2.64. The molecule has 4 aliphatic rings. The molecule has 0 unspecified atom stereocenters. The van der Waals surface area contributed by atoms with Gasteiger partial charge in [-0.15, -0.1) is 0 Å². The van der Waals surface area contributed by atoms with E-state index in [9.17, 15) is 25.2 Å². The molecular weight excluding hydrogens is 698 g/mol. The summed E-state index contributed by atoms with van der Waals surface area (Å²) >= 11 is 0. The quantitative estimate of drug-likeness (QED) is 0.187. The third-order valence-electron chi connectivity index (χ3n) is 13.7. The molecule has 4 rings (SSSR count). The van der Waals surface area contributed by atoms with Gasteiger partial charge in [-0.2, -0.15) is 0 Å². The average Bonchev–Trinajstić information content (AvgIpc) is 3.43. The second-order valence-electron chi connectivity index (χ2n) is 18.6. The topological polar surface area (TPSA) is 163 Å². The molecule has 4 fully saturated rings. The van der Waals surface area contributed by atoms with E-state index < -0.39 is 102 Å². The second kappa shape index (κ2) is 17.5. The summed E-state index contributed by atoms with van der Waals surface area (Å²) in [4.78, 5) is 14.2. The van der Waals surface area contributed by atoms with Crippen LogP contribution < -0.4 is 0 Å². The first kappa shape index (κ1) is 45.7. The molecule has 0 radical (unpaired) electrons. The minimum atomic E-state index is -1.79. The van der Waals surface area contributed by atoms with Gasteiger partial charge < -0.3 is 58.1 Å². The first-order chi connectivity index (χ1) is 25.0. The van der Waals surface area contributed by atoms with Crippen LogP contribution in [0.5, 0.6) is 0 Å². The Bertz CT molecular complexity index is 1240. The number of likely N-dealkylation sites (N-methyl/N-ethyl adjacent to an activating group) is 1. The number of aliphatic hydroxyl groups excluding tert-OH is 3. The summed E-state index contributed by atoms with van der Waals surface area (Å²) < 4.78 is 46.1. The lowest BCUT2D eigenvalue weighted by molar-refractivity contribution is -0.922. The number of carbonyl (C=O) groups is 1. The Hall–Kier alpha value is -0.970. The molecule has 13 heteroatoms. The number of aliphatic hydroxyl groups is 4. The number of quaternary nitrogens is 1. The van der Waals surface area contributed by atoms with Gasteiger partial charge in [-0.1, -0.05) is 41.0 Å². The van der Waals surface area contributed by atoms with E-state index >= 15 is 0 Å². The number of hydrogen-bond acceptors (Lipinski definition) is 12. The van der Waals surface area contributed by atoms with Crippen LogP contribution in [0.4, 0.5) is 0 Å². The first-order valence-electron chi connectivity index (χ1n) is 20.6. The molecule has 4 heterocycles. The molecule has 0 aromatic heterocycles. The zero-order valence-corrected chi connectivity index (χ0v) is 35.7. The van der Waals surface area contributed by atoms with Crippen LogP contribution in [-0.2, 0) is 38.0 Å². The van der Waals surface area contributed by atoms with Crippen LogP contribution in [0.1, 0.15) is 115 Å². The Kier molecular flexibility index (Phi) is 14.8. The normalized spacial score (nSPS) is 49.8. The number of hydrogen-bond donors (Lipinski definition) is 4. The van der Waals surface area contributed by atoms with E-state index in [0.717, 1.165) is 19.4 Å². The van der Waals surface area contributed by atoms with Crippen molar-refractivity contribution in [2.45, 2.75) is 205 Å². The molecule has 4 aliphatic heterocycles. The van der Waals surface area contributed by atoms with Crippen LogP contribution in [0.3, 0.4) is 0 Å². The Balaban J connectivity index is 1.83. The summed E-state index contributed by atoms with van der Waals surface area (Å²) in [5.74, 6) is -2.72. The summed E-state index contributed by atoms with van der Waals surface area (Å²) in [6, 6.07) is -0.154. The lowest BCUT2D eigenvalue weighted by atomic mass is 9.76. The molecule has 316 valence electrons. The van der Waals surface area contributed by atoms with Crippen LogP contribution in [0, 0.1) is 23.7 Å². The van der Waals surface area contributed by atoms with Crippen molar-refractivity contribution in [2.75, 3.05) is 27.7 Å². The van der Waals surface area contributed by atoms with Gasteiger partial charge in [0.25, 0.3) is 0 Å². The van der Waals surface area contributed by atoms with Crippen LogP contribution in [0.2, 0.25) is 0 Å². The number of rotatable bonds is 10. The van der Waals surface area contributed by atoms with Crippen molar-refractivity contribution in [1.29, 1.82) is 0 Å². The lowest BCUT2D eigenvalue weighted by Gasteiger charge is -2.50. The highest BCUT2D eigenvalue weighted by molar-refractivity contribution is 5.73. The SMILES string of the molecule is CCCC[N+](C)(C)[C@H]1C[C@@H](C)O[C@@H](O[C@@H]2[C@@H](C)[C@H](O[C@H]3C[C@@](C)(OC)[C@@H](O)[C@H](C)O3)[C@@H](C)C(=O)O[C@H](CC)[C@@](C)(O)[C@H](O)[C@@H](C)[C@@H]3O[C@]2(C)C[C@H]3C)[C@@H]1O. The standard InChI is InChI=1S/C41H76NO12/c1-15-17-18-42(12,13)28-19-23(4)49-38(31(28)43)53-36-25(6)33(52-30-21-39(9,48-14)35(45)27(8)50-30)26(7)37(46)51-29(16-2)41(11,47)34(44)24(5)32-22(3)20-40(36,10)54-32/h22-36,38,43-45,47H,15-21H2,1-14H3/q+1/t22-,23-,24+,25+,26-,27+,28+,29-,30+,31-,32-,33+,34-,35+,36-,38+,39-,40-,41-/m1/s1. The Labute approximate surface area is 324 Å². The van der Waals surface area contributed by atoms with E-state index in [2.05, 4.69) is 27.9 Å². The fourth-order valence-corrected chi connectivity index (χ4v) is 10.1. The number of unbranched alkanes of at least 4 members (excludes halogenated alkanes) is 1. The molecule has 0 amide bonds. The number of fused-ring (bicyclic) bond motifs is 2. The Morgan fingerprint density at radius 1 is 0.907 bits per heavy atom. The molecular formula is C41H76NO12+. The predicted octanol–water partition coefficient (Wildman–Crippen LogP) is 3.94. The average molecular weight is 775 g/mol. The van der Waals surface area contributed by atoms with E-state index in [4.69, 9.17) is 33.2 Å². The van der Waals surface area contributed by atoms with Crippen LogP contribution in [0.15, 0.2) is 0 Å². The van der Waals surface area contributed by atoms with Gasteiger partial charge in [0, 0.05) is 31.8 Å². The summed E-state index contributed by atoms with van der Waals surface area (Å²) in [5.41, 5.74) is -3.77. The maximum absolute atomic E-state index is 14.2. The maximum atomic E-state index is 14.2. The van der Waals surface area contributed by atoms with Crippen molar-refractivity contribution in [3.63, 3.8) is 0 Å². The first-order valence-corrected chi connectivity index (χ1v) is 20.6. The zero-order chi connectivity index (χ0) is 40.7. The Morgan fingerprint density at radius 2 is 1.56 bits per heavy atom. The van der Waals surface area contributed by atoms with Crippen molar-refractivity contribution in [1.82, 2.24) is 0 Å². The third-order valence-corrected chi connectivity index (χ3v) is 13.7. The number of carbonyl (C=O) groups excluding carboxylic acids is 1. The van der Waals surface area contributed by atoms with Crippen molar-refractivity contribution in [2.24, 2.45) is 23.7 Å². The summed E-state index contributed by atoms with van der Waals surface area (Å²) in [5, 5.41) is 46.6. The van der Waals surface area contributed by atoms with E-state index in [1.807, 2.05) is 27.7 Å². The molecule has 0 aromatic carbocycles. The molecule has 2 bridgehead atoms. The molecule has 0 aliphatic carbocycles. The highest BCUT2D eigenvalue weighted by atomic mass is 16.7. The van der Waals surface area contributed by atoms with E-state index in [1.165, 1.54) is 14.0 Å². The van der Waals surface area contributed by atoms with Gasteiger partial charge in [0.15, 0.2) is 18.7 Å². The van der Waals surface area contributed by atoms with E-state index in [-0.39, 0.29) is 30.9 Å². The van der Waals surface area contributed by atoms with E-state index in [1.54, 1.807) is 27.7 Å². The fourth-order valence-electron chi connectivity index (χ4n) is 10.1. The van der Waals surface area contributed by atoms with Gasteiger partial charge in [-0.3, -0.25) is 4.79 Å². The van der Waals surface area contributed by atoms with Gasteiger partial charge in [0.05, 0.1) is 74.4 Å². The molecule has 4 N–H and O–H groups in total. The van der Waals surface area contributed by atoms with Crippen LogP contribution in [-0.4, -0.2) is 149 Å². The van der Waals surface area contributed by atoms with Crippen molar-refractivity contribution >= 4 is 5.97 Å². The highest BCUT2D eigenvalue weighted by Gasteiger charge is 2.58. The van der Waals surface area contributed by atoms with Crippen molar-refractivity contribution in [3.05, 3.63) is 0 Å². The zero-order valence-electron chi connectivity index (χ0n) is 35.7. The van der Waals surface area contributed by atoms with Crippen molar-refractivity contribution < 1.29 is 62.9 Å². The number of ether oxygens (including phenoxy) is 7. The molecule has 4 saturated heterocycles. The Morgan fingerprint density at radius 3 is 2.15 bits per heavy atom. The molecule has 0 spiro atoms. The summed E-state index contributed by atoms with van der Waals surface area (Å²) in [7, 11) is 5.83. The summed E-state index contributed by atoms with van der Waals surface area (Å²) in [6.07, 6.45) is -5.38. The molecule has 19 atom stereocenters. The molecule has 54 heavy (non-hydrogen) atoms. The third kappa shape index (κ3) is 9.17. The van der Waals surface area contributed by atoms with Gasteiger partial charge in [-0.05, 0) is 66.7 Å². The molecule has 0 aromatic rings. The smallest absolute Gasteiger partial charge is 0.311 e. The fraction of sp³-hybridized carbons (Fsp3) is 0.976. The van der Waals surface area contributed by atoms with E-state index in [0.29, 0.717) is 17.3 Å². The van der Waals surface area contributed by atoms with Gasteiger partial charge >= 0.3 is 5.97 Å². The monoisotopic (exact) mass is 775 g/mol. The number of nitrogens with zero attached hydrogens (tertiary/aromatic N) is 1. The number of esters is 1. The van der Waals surface area contributed by atoms with Crippen molar-refractivity contribution in [3.8, 4) is 0 Å². The van der Waals surface area contributed by atoms with Crippen LogP contribution in [0.25, 0.3) is 0 Å². The maximum Gasteiger partial charge on any atom is 0.311 e. The number of cyclic esters (lactones) is 1. The second-order valence-corrected chi connectivity index (χ2v) is 18.6. The van der Waals surface area contributed by atoms with Gasteiger partial charge in [-0.25, -0.2) is 0 Å². The molecule has 13 nitrogen and oxygen atoms in total. The van der Waals surface area contributed by atoms with Gasteiger partial charge in [0.1, 0.15) is 23.9 Å². The molecule has 0 saturated carbocycles. The summed E-state index contributed by atoms with van der Waals surface area (Å²) in [6.45, 7) is 21.5. The van der Waals surface area contributed by atoms with Gasteiger partial charge in [0.2, 0.25) is 0 Å². The minimum absolute atomic E-state index is 0.0592. The minimum Gasteiger partial charge on any atom is -0.459 e. The highest BCUT2D eigenvalue weighted by Crippen LogP contribution is 2.48. The largest absolute Gasteiger partial charge is 0.459 e.